The van der Waals surface area contributed by atoms with Crippen LogP contribution in [0.25, 0.3) is 0 Å². The van der Waals surface area contributed by atoms with Crippen molar-refractivity contribution in [2.24, 2.45) is 0 Å². The minimum atomic E-state index is -6.41. The second-order valence-corrected chi connectivity index (χ2v) is 7.48. The number of carbonyl (C=O) groups excluding carboxylic acids is 2. The number of rotatable bonds is 4. The average Bonchev–Trinajstić information content (AvgIpc) is 2.58. The number of hydrogen-bond acceptors (Lipinski definition) is 4. The molecule has 0 atom stereocenters. The molecule has 0 amide bonds. The Balaban J connectivity index is 3.04. The van der Waals surface area contributed by atoms with Crippen molar-refractivity contribution < 1.29 is 53.1 Å². The van der Waals surface area contributed by atoms with E-state index in [9.17, 15) is 53.1 Å². The first-order valence-corrected chi connectivity index (χ1v) is 8.78. The fourth-order valence-corrected chi connectivity index (χ4v) is 3.98. The zero-order chi connectivity index (χ0) is 22.6. The maximum absolute atomic E-state index is 14.0. The molecule has 29 heavy (non-hydrogen) atoms. The van der Waals surface area contributed by atoms with Gasteiger partial charge >= 0.3 is 0 Å². The number of sulfone groups is 1. The van der Waals surface area contributed by atoms with Crippen LogP contribution >= 0.6 is 23.2 Å². The first-order valence-electron chi connectivity index (χ1n) is 6.54. The van der Waals surface area contributed by atoms with Crippen molar-refractivity contribution in [2.75, 3.05) is 0 Å². The van der Waals surface area contributed by atoms with Crippen LogP contribution in [0.3, 0.4) is 0 Å². The SMILES string of the molecule is O=C(Cl)c1c(F)c(F)c(S(=O)(=O)c2c(F)c(F)c(C(=O)Cl)c(F)c2F)c(F)c1F. The van der Waals surface area contributed by atoms with E-state index >= 15 is 0 Å². The van der Waals surface area contributed by atoms with Gasteiger partial charge in [-0.05, 0) is 23.2 Å². The van der Waals surface area contributed by atoms with Gasteiger partial charge in [0, 0.05) is 0 Å². The highest BCUT2D eigenvalue weighted by Crippen LogP contribution is 2.36. The van der Waals surface area contributed by atoms with Crippen LogP contribution in [0, 0.1) is 46.5 Å². The molecule has 0 aliphatic carbocycles. The van der Waals surface area contributed by atoms with Crippen LogP contribution in [0.2, 0.25) is 0 Å². The number of benzene rings is 2. The van der Waals surface area contributed by atoms with Gasteiger partial charge in [-0.3, -0.25) is 9.59 Å². The lowest BCUT2D eigenvalue weighted by molar-refractivity contribution is 0.106. The van der Waals surface area contributed by atoms with Gasteiger partial charge in [0.05, 0.1) is 0 Å². The highest BCUT2D eigenvalue weighted by atomic mass is 35.5. The normalized spacial score (nSPS) is 11.7. The van der Waals surface area contributed by atoms with E-state index < -0.39 is 87.8 Å². The molecule has 0 saturated heterocycles. The molecule has 0 aliphatic heterocycles. The summed E-state index contributed by atoms with van der Waals surface area (Å²) < 4.78 is 136. The van der Waals surface area contributed by atoms with E-state index in [2.05, 4.69) is 0 Å². The molecule has 0 spiro atoms. The summed E-state index contributed by atoms with van der Waals surface area (Å²) >= 11 is 9.43. The van der Waals surface area contributed by atoms with Crippen LogP contribution < -0.4 is 0 Å². The van der Waals surface area contributed by atoms with Crippen molar-refractivity contribution in [3.8, 4) is 0 Å². The van der Waals surface area contributed by atoms with Gasteiger partial charge in [0.15, 0.2) is 46.5 Å². The van der Waals surface area contributed by atoms with Gasteiger partial charge < -0.3 is 0 Å². The fourth-order valence-electron chi connectivity index (χ4n) is 2.14. The van der Waals surface area contributed by atoms with Gasteiger partial charge in [0.1, 0.15) is 20.9 Å². The Hall–Kier alpha value is -2.25. The van der Waals surface area contributed by atoms with Crippen molar-refractivity contribution in [3.63, 3.8) is 0 Å². The minimum Gasteiger partial charge on any atom is -0.275 e. The number of carbonyl (C=O) groups is 2. The summed E-state index contributed by atoms with van der Waals surface area (Å²) in [5.41, 5.74) is -4.16. The monoisotopic (exact) mass is 486 g/mol. The molecule has 156 valence electrons. The molecule has 0 bridgehead atoms. The molecule has 0 fully saturated rings. The van der Waals surface area contributed by atoms with Crippen LogP contribution in [-0.4, -0.2) is 18.9 Å². The molecule has 2 aromatic rings. The van der Waals surface area contributed by atoms with Crippen LogP contribution in [0.1, 0.15) is 20.7 Å². The molecule has 0 saturated carbocycles. The zero-order valence-corrected chi connectivity index (χ0v) is 15.1. The van der Waals surface area contributed by atoms with Gasteiger partial charge in [-0.1, -0.05) is 0 Å². The Morgan fingerprint density at radius 3 is 0.897 bits per heavy atom. The summed E-state index contributed by atoms with van der Waals surface area (Å²) in [6.45, 7) is 0. The topological polar surface area (TPSA) is 68.3 Å². The molecule has 0 unspecified atom stereocenters. The predicted octanol–water partition coefficient (Wildman–Crippen LogP) is 4.39. The smallest absolute Gasteiger partial charge is 0.258 e. The van der Waals surface area contributed by atoms with E-state index in [0.29, 0.717) is 0 Å². The van der Waals surface area contributed by atoms with Crippen LogP contribution in [0.5, 0.6) is 0 Å². The molecule has 0 heterocycles. The van der Waals surface area contributed by atoms with E-state index in [-0.39, 0.29) is 0 Å². The van der Waals surface area contributed by atoms with E-state index in [0.717, 1.165) is 0 Å². The summed E-state index contributed by atoms with van der Waals surface area (Å²) in [7, 11) is -6.41. The summed E-state index contributed by atoms with van der Waals surface area (Å²) in [5.74, 6) is -22.2. The van der Waals surface area contributed by atoms with Crippen molar-refractivity contribution in [1.29, 1.82) is 0 Å². The highest BCUT2D eigenvalue weighted by molar-refractivity contribution is 7.91. The molecular formula is C14Cl2F8O4S. The molecule has 0 aromatic heterocycles. The van der Waals surface area contributed by atoms with E-state index in [4.69, 9.17) is 23.2 Å². The number of halogens is 10. The molecule has 15 heteroatoms. The minimum absolute atomic E-state index is 2.08. The molecular weight excluding hydrogens is 487 g/mol. The van der Waals surface area contributed by atoms with E-state index in [1.165, 1.54) is 0 Å². The van der Waals surface area contributed by atoms with Gasteiger partial charge in [-0.25, -0.2) is 43.5 Å². The molecule has 4 nitrogen and oxygen atoms in total. The van der Waals surface area contributed by atoms with Crippen molar-refractivity contribution >= 4 is 43.5 Å². The molecule has 0 N–H and O–H groups in total. The second kappa shape index (κ2) is 7.54. The standard InChI is InChI=1S/C14Cl2F8O4S/c15-13(25)1-3(17)7(21)11(8(22)4(1)18)29(27,28)12-9(23)5(19)2(14(16)26)6(20)10(12)24. The lowest BCUT2D eigenvalue weighted by Gasteiger charge is -2.13. The van der Waals surface area contributed by atoms with Crippen LogP contribution in [0.15, 0.2) is 9.79 Å². The van der Waals surface area contributed by atoms with Crippen molar-refractivity contribution in [2.45, 2.75) is 9.79 Å². The molecule has 0 aliphatic rings. The van der Waals surface area contributed by atoms with E-state index in [1.807, 2.05) is 0 Å². The third-order valence-corrected chi connectivity index (χ3v) is 5.55. The highest BCUT2D eigenvalue weighted by Gasteiger charge is 2.41. The fraction of sp³-hybridized carbons (Fsp3) is 0. The Morgan fingerprint density at radius 2 is 0.724 bits per heavy atom. The lowest BCUT2D eigenvalue weighted by Crippen LogP contribution is -2.19. The van der Waals surface area contributed by atoms with Crippen LogP contribution in [-0.2, 0) is 9.84 Å². The number of hydrogen-bond donors (Lipinski definition) is 0. The Kier molecular flexibility index (Phi) is 5.99. The molecule has 0 radical (unpaired) electrons. The third-order valence-electron chi connectivity index (χ3n) is 3.38. The van der Waals surface area contributed by atoms with Gasteiger partial charge in [0.2, 0.25) is 9.84 Å². The second-order valence-electron chi connectivity index (χ2n) is 4.97. The first kappa shape index (κ1) is 23.0. The summed E-state index contributed by atoms with van der Waals surface area (Å²) in [4.78, 5) is 16.3. The van der Waals surface area contributed by atoms with E-state index in [1.54, 1.807) is 0 Å². The first-order chi connectivity index (χ1) is 13.2. The maximum Gasteiger partial charge on any atom is 0.258 e. The Bertz CT molecular complexity index is 1070. The average molecular weight is 487 g/mol. The predicted molar refractivity (Wildman–Crippen MR) is 78.4 cm³/mol. The summed E-state index contributed by atoms with van der Waals surface area (Å²) in [6, 6.07) is 0. The Morgan fingerprint density at radius 1 is 0.517 bits per heavy atom. The van der Waals surface area contributed by atoms with Crippen LogP contribution in [0.4, 0.5) is 35.1 Å². The third kappa shape index (κ3) is 3.36. The van der Waals surface area contributed by atoms with Gasteiger partial charge in [0.25, 0.3) is 10.5 Å². The molecule has 2 aromatic carbocycles. The largest absolute Gasteiger partial charge is 0.275 e. The summed E-state index contributed by atoms with van der Waals surface area (Å²) in [6.07, 6.45) is 0. The summed E-state index contributed by atoms with van der Waals surface area (Å²) in [5, 5.41) is -4.22. The van der Waals surface area contributed by atoms with Crippen molar-refractivity contribution in [1.82, 2.24) is 0 Å². The van der Waals surface area contributed by atoms with Gasteiger partial charge in [-0.15, -0.1) is 0 Å². The molecule has 2 rings (SSSR count). The maximum atomic E-state index is 14.0. The van der Waals surface area contributed by atoms with Crippen molar-refractivity contribution in [3.05, 3.63) is 57.7 Å². The Labute approximate surface area is 164 Å². The zero-order valence-electron chi connectivity index (χ0n) is 12.8. The van der Waals surface area contributed by atoms with Gasteiger partial charge in [-0.2, -0.15) is 0 Å². The quantitative estimate of drug-likeness (QED) is 0.365. The lowest BCUT2D eigenvalue weighted by atomic mass is 10.2.